The second-order valence-corrected chi connectivity index (χ2v) is 5.19. The molecule has 4 nitrogen and oxygen atoms in total. The summed E-state index contributed by atoms with van der Waals surface area (Å²) in [6.45, 7) is 2.28. The van der Waals surface area contributed by atoms with Crippen molar-refractivity contribution in [3.63, 3.8) is 0 Å². The van der Waals surface area contributed by atoms with E-state index in [0.29, 0.717) is 29.8 Å². The van der Waals surface area contributed by atoms with E-state index in [9.17, 15) is 9.59 Å². The van der Waals surface area contributed by atoms with Gasteiger partial charge in [-0.1, -0.05) is 30.9 Å². The lowest BCUT2D eigenvalue weighted by Crippen LogP contribution is -2.30. The Kier molecular flexibility index (Phi) is 3.96. The van der Waals surface area contributed by atoms with E-state index < -0.39 is 0 Å². The highest BCUT2D eigenvalue weighted by Gasteiger charge is 2.37. The maximum atomic E-state index is 12.6. The highest BCUT2D eigenvalue weighted by atomic mass is 16.2. The molecule has 1 aliphatic heterocycles. The summed E-state index contributed by atoms with van der Waals surface area (Å²) >= 11 is 0. The molecule has 23 heavy (non-hydrogen) atoms. The van der Waals surface area contributed by atoms with E-state index in [2.05, 4.69) is 11.8 Å². The van der Waals surface area contributed by atoms with Gasteiger partial charge in [-0.15, -0.1) is 0 Å². The standard InChI is InChI=1S/C19H16N2O2/c1-2-14-12-13(6-5-11-20)9-10-17(14)21-18(22)15-7-3-4-8-16(15)19(21)23/h3-4,7-10,12H,2,11,20H2,1H3. The van der Waals surface area contributed by atoms with Gasteiger partial charge in [-0.05, 0) is 42.3 Å². The Balaban J connectivity index is 2.06. The molecule has 3 rings (SSSR count). The zero-order valence-corrected chi connectivity index (χ0v) is 12.8. The van der Waals surface area contributed by atoms with E-state index in [4.69, 9.17) is 5.73 Å². The molecule has 0 saturated heterocycles. The lowest BCUT2D eigenvalue weighted by molar-refractivity contribution is 0.0926. The number of nitrogens with zero attached hydrogens (tertiary/aromatic N) is 1. The summed E-state index contributed by atoms with van der Waals surface area (Å²) in [5.74, 6) is 5.23. The topological polar surface area (TPSA) is 63.4 Å². The summed E-state index contributed by atoms with van der Waals surface area (Å²) < 4.78 is 0. The van der Waals surface area contributed by atoms with Crippen molar-refractivity contribution in [3.8, 4) is 11.8 Å². The SMILES string of the molecule is CCc1cc(C#CCN)ccc1N1C(=O)c2ccccc2C1=O. The molecular weight excluding hydrogens is 288 g/mol. The summed E-state index contributed by atoms with van der Waals surface area (Å²) in [5, 5.41) is 0. The summed E-state index contributed by atoms with van der Waals surface area (Å²) in [7, 11) is 0. The molecule has 0 radical (unpaired) electrons. The van der Waals surface area contributed by atoms with E-state index in [0.717, 1.165) is 11.1 Å². The second-order valence-electron chi connectivity index (χ2n) is 5.19. The number of amides is 2. The molecule has 0 unspecified atom stereocenters. The minimum absolute atomic E-state index is 0.277. The smallest absolute Gasteiger partial charge is 0.266 e. The van der Waals surface area contributed by atoms with Gasteiger partial charge in [0.25, 0.3) is 11.8 Å². The van der Waals surface area contributed by atoms with E-state index in [-0.39, 0.29) is 11.8 Å². The minimum atomic E-state index is -0.277. The molecule has 0 aliphatic carbocycles. The number of nitrogens with two attached hydrogens (primary N) is 1. The number of aryl methyl sites for hydroxylation is 1. The molecule has 0 fully saturated rings. The van der Waals surface area contributed by atoms with Crippen LogP contribution < -0.4 is 10.6 Å². The number of anilines is 1. The fraction of sp³-hybridized carbons (Fsp3) is 0.158. The zero-order valence-electron chi connectivity index (χ0n) is 12.8. The molecule has 2 aromatic rings. The molecule has 0 atom stereocenters. The molecule has 0 bridgehead atoms. The fourth-order valence-corrected chi connectivity index (χ4v) is 2.73. The Morgan fingerprint density at radius 1 is 1.04 bits per heavy atom. The predicted octanol–water partition coefficient (Wildman–Crippen LogP) is 2.36. The molecule has 114 valence electrons. The normalized spacial score (nSPS) is 12.9. The zero-order chi connectivity index (χ0) is 16.4. The van der Waals surface area contributed by atoms with Gasteiger partial charge in [0.15, 0.2) is 0 Å². The van der Waals surface area contributed by atoms with E-state index in [1.807, 2.05) is 13.0 Å². The number of imide groups is 1. The summed E-state index contributed by atoms with van der Waals surface area (Å²) in [5.41, 5.74) is 8.65. The number of carbonyl (C=O) groups is 2. The van der Waals surface area contributed by atoms with Crippen molar-refractivity contribution in [2.24, 2.45) is 5.73 Å². The van der Waals surface area contributed by atoms with Crippen molar-refractivity contribution in [1.82, 2.24) is 0 Å². The van der Waals surface area contributed by atoms with Crippen LogP contribution in [-0.4, -0.2) is 18.4 Å². The van der Waals surface area contributed by atoms with Crippen molar-refractivity contribution < 1.29 is 9.59 Å². The summed E-state index contributed by atoms with van der Waals surface area (Å²) in [6, 6.07) is 12.4. The second kappa shape index (κ2) is 6.07. The van der Waals surface area contributed by atoms with Crippen LogP contribution in [0.25, 0.3) is 0 Å². The van der Waals surface area contributed by atoms with Crippen LogP contribution >= 0.6 is 0 Å². The lowest BCUT2D eigenvalue weighted by Gasteiger charge is -2.18. The molecule has 0 aromatic heterocycles. The predicted molar refractivity (Wildman–Crippen MR) is 89.3 cm³/mol. The van der Waals surface area contributed by atoms with Crippen molar-refractivity contribution in [1.29, 1.82) is 0 Å². The van der Waals surface area contributed by atoms with Gasteiger partial charge in [-0.25, -0.2) is 4.90 Å². The van der Waals surface area contributed by atoms with Crippen molar-refractivity contribution >= 4 is 17.5 Å². The van der Waals surface area contributed by atoms with E-state index in [1.165, 1.54) is 4.90 Å². The van der Waals surface area contributed by atoms with Crippen LogP contribution in [0, 0.1) is 11.8 Å². The highest BCUT2D eigenvalue weighted by molar-refractivity contribution is 6.34. The number of hydrogen-bond acceptors (Lipinski definition) is 3. The number of rotatable bonds is 2. The first-order valence-corrected chi connectivity index (χ1v) is 7.47. The molecule has 0 spiro atoms. The van der Waals surface area contributed by atoms with Gasteiger partial charge in [0, 0.05) is 5.56 Å². The summed E-state index contributed by atoms with van der Waals surface area (Å²) in [4.78, 5) is 26.4. The Hall–Kier alpha value is -2.90. The van der Waals surface area contributed by atoms with Crippen molar-refractivity contribution in [2.75, 3.05) is 11.4 Å². The molecule has 2 N–H and O–H groups in total. The van der Waals surface area contributed by atoms with E-state index >= 15 is 0 Å². The Labute approximate surface area is 134 Å². The molecule has 4 heteroatoms. The maximum absolute atomic E-state index is 12.6. The van der Waals surface area contributed by atoms with Crippen molar-refractivity contribution in [2.45, 2.75) is 13.3 Å². The van der Waals surface area contributed by atoms with Crippen LogP contribution in [-0.2, 0) is 6.42 Å². The van der Waals surface area contributed by atoms with Crippen LogP contribution in [0.4, 0.5) is 5.69 Å². The third-order valence-corrected chi connectivity index (χ3v) is 3.83. The summed E-state index contributed by atoms with van der Waals surface area (Å²) in [6.07, 6.45) is 0.695. The van der Waals surface area contributed by atoms with Crippen molar-refractivity contribution in [3.05, 3.63) is 64.7 Å². The number of carbonyl (C=O) groups excluding carboxylic acids is 2. The molecular formula is C19H16N2O2. The van der Waals surface area contributed by atoms with E-state index in [1.54, 1.807) is 36.4 Å². The Morgan fingerprint density at radius 3 is 2.26 bits per heavy atom. The molecule has 1 aliphatic rings. The maximum Gasteiger partial charge on any atom is 0.266 e. The Morgan fingerprint density at radius 2 is 1.70 bits per heavy atom. The van der Waals surface area contributed by atoms with Gasteiger partial charge < -0.3 is 5.73 Å². The van der Waals surface area contributed by atoms with Crippen LogP contribution in [0.5, 0.6) is 0 Å². The Bertz CT molecular complexity index is 824. The third kappa shape index (κ3) is 2.52. The molecule has 1 heterocycles. The van der Waals surface area contributed by atoms with Gasteiger partial charge in [-0.2, -0.15) is 0 Å². The first kappa shape index (κ1) is 15.0. The largest absolute Gasteiger partial charge is 0.320 e. The van der Waals surface area contributed by atoms with Gasteiger partial charge >= 0.3 is 0 Å². The number of benzene rings is 2. The molecule has 0 saturated carbocycles. The molecule has 2 amide bonds. The lowest BCUT2D eigenvalue weighted by atomic mass is 10.1. The highest BCUT2D eigenvalue weighted by Crippen LogP contribution is 2.31. The number of fused-ring (bicyclic) bond motifs is 1. The minimum Gasteiger partial charge on any atom is -0.320 e. The van der Waals surface area contributed by atoms with Crippen LogP contribution in [0.15, 0.2) is 42.5 Å². The third-order valence-electron chi connectivity index (χ3n) is 3.83. The van der Waals surface area contributed by atoms with Gasteiger partial charge in [0.2, 0.25) is 0 Å². The average Bonchev–Trinajstić information content (AvgIpc) is 2.84. The van der Waals surface area contributed by atoms with Gasteiger partial charge in [0.1, 0.15) is 0 Å². The van der Waals surface area contributed by atoms with Gasteiger partial charge in [-0.3, -0.25) is 9.59 Å². The van der Waals surface area contributed by atoms with Crippen LogP contribution in [0.1, 0.15) is 38.8 Å². The fourth-order valence-electron chi connectivity index (χ4n) is 2.73. The first-order valence-electron chi connectivity index (χ1n) is 7.47. The van der Waals surface area contributed by atoms with Gasteiger partial charge in [0.05, 0.1) is 23.4 Å². The van der Waals surface area contributed by atoms with Crippen LogP contribution in [0.3, 0.4) is 0 Å². The quantitative estimate of drug-likeness (QED) is 0.684. The monoisotopic (exact) mass is 304 g/mol. The van der Waals surface area contributed by atoms with Crippen LogP contribution in [0.2, 0.25) is 0 Å². The number of hydrogen-bond donors (Lipinski definition) is 1. The first-order chi connectivity index (χ1) is 11.2. The average molecular weight is 304 g/mol. The molecule has 2 aromatic carbocycles.